The van der Waals surface area contributed by atoms with E-state index in [4.69, 9.17) is 9.47 Å². The molecular weight excluding hydrogens is 420 g/mol. The molecule has 33 heavy (non-hydrogen) atoms. The van der Waals surface area contributed by atoms with Gasteiger partial charge in [0, 0.05) is 44.6 Å². The highest BCUT2D eigenvalue weighted by Gasteiger charge is 2.32. The van der Waals surface area contributed by atoms with Gasteiger partial charge in [-0.3, -0.25) is 4.79 Å². The Hall–Kier alpha value is -3.62. The molecule has 1 unspecified atom stereocenters. The molecule has 9 nitrogen and oxygen atoms in total. The smallest absolute Gasteiger partial charge is 0.227 e. The summed E-state index contributed by atoms with van der Waals surface area (Å²) < 4.78 is 12.6. The van der Waals surface area contributed by atoms with Gasteiger partial charge in [0.25, 0.3) is 0 Å². The van der Waals surface area contributed by atoms with Crippen molar-refractivity contribution in [2.24, 2.45) is 5.92 Å². The van der Waals surface area contributed by atoms with Crippen molar-refractivity contribution in [3.05, 3.63) is 54.1 Å². The van der Waals surface area contributed by atoms with E-state index in [9.17, 15) is 4.79 Å². The summed E-state index contributed by atoms with van der Waals surface area (Å²) in [7, 11) is 3.28. The molecule has 1 aromatic carbocycles. The lowest BCUT2D eigenvalue weighted by Gasteiger charge is -2.37. The van der Waals surface area contributed by atoms with Crippen LogP contribution in [0.25, 0.3) is 5.82 Å². The minimum Gasteiger partial charge on any atom is -0.493 e. The van der Waals surface area contributed by atoms with Gasteiger partial charge in [0.05, 0.1) is 20.1 Å². The number of fused-ring (bicyclic) bond motifs is 1. The van der Waals surface area contributed by atoms with Crippen LogP contribution >= 0.6 is 0 Å². The summed E-state index contributed by atoms with van der Waals surface area (Å²) in [5.41, 5.74) is 2.34. The maximum Gasteiger partial charge on any atom is 0.227 e. The number of rotatable bonds is 5. The van der Waals surface area contributed by atoms with Gasteiger partial charge >= 0.3 is 0 Å². The summed E-state index contributed by atoms with van der Waals surface area (Å²) in [5.74, 6) is 3.14. The highest BCUT2D eigenvalue weighted by molar-refractivity contribution is 5.80. The predicted molar refractivity (Wildman–Crippen MR) is 123 cm³/mol. The predicted octanol–water partition coefficient (Wildman–Crippen LogP) is 2.48. The third-order valence-corrected chi connectivity index (χ3v) is 6.50. The summed E-state index contributed by atoms with van der Waals surface area (Å²) in [4.78, 5) is 26.4. The van der Waals surface area contributed by atoms with Gasteiger partial charge in [-0.05, 0) is 48.6 Å². The number of carbonyl (C=O) groups excluding carboxylic acids is 1. The molecule has 0 N–H and O–H groups in total. The van der Waals surface area contributed by atoms with Crippen LogP contribution in [0.1, 0.15) is 24.0 Å². The van der Waals surface area contributed by atoms with Crippen molar-refractivity contribution in [3.63, 3.8) is 0 Å². The molecule has 3 aromatic rings. The molecule has 1 fully saturated rings. The maximum atomic E-state index is 13.5. The second-order valence-electron chi connectivity index (χ2n) is 8.46. The molecule has 2 aliphatic heterocycles. The molecule has 0 spiro atoms. The zero-order chi connectivity index (χ0) is 22.8. The summed E-state index contributed by atoms with van der Waals surface area (Å²) in [6.45, 7) is 2.85. The second-order valence-corrected chi connectivity index (χ2v) is 8.46. The molecule has 1 amide bonds. The SMILES string of the molecule is COc1cc2c(cc1OC)CN(C(=O)C1CCCN(c3cc(-n4cccn4)ncn3)C1)CC2. The van der Waals surface area contributed by atoms with Crippen LogP contribution in [0.2, 0.25) is 0 Å². The molecule has 2 aromatic heterocycles. The van der Waals surface area contributed by atoms with E-state index >= 15 is 0 Å². The minimum absolute atomic E-state index is 0.0523. The molecule has 0 aliphatic carbocycles. The number of methoxy groups -OCH3 is 2. The van der Waals surface area contributed by atoms with E-state index in [1.165, 1.54) is 5.56 Å². The normalized spacial score (nSPS) is 18.1. The van der Waals surface area contributed by atoms with E-state index in [-0.39, 0.29) is 11.8 Å². The van der Waals surface area contributed by atoms with Gasteiger partial charge in [0.2, 0.25) is 5.91 Å². The van der Waals surface area contributed by atoms with Crippen molar-refractivity contribution >= 4 is 11.7 Å². The quantitative estimate of drug-likeness (QED) is 0.593. The summed E-state index contributed by atoms with van der Waals surface area (Å²) >= 11 is 0. The van der Waals surface area contributed by atoms with Gasteiger partial charge < -0.3 is 19.3 Å². The average Bonchev–Trinajstić information content (AvgIpc) is 3.42. The van der Waals surface area contributed by atoms with Gasteiger partial charge in [-0.2, -0.15) is 5.10 Å². The summed E-state index contributed by atoms with van der Waals surface area (Å²) in [5, 5.41) is 4.25. The molecule has 0 saturated carbocycles. The second kappa shape index (κ2) is 9.09. The van der Waals surface area contributed by atoms with Crippen molar-refractivity contribution < 1.29 is 14.3 Å². The number of anilines is 1. The standard InChI is InChI=1S/C24H28N6O3/c1-32-20-11-17-6-10-29(15-19(17)12-21(20)33-2)24(31)18-5-3-8-28(14-18)22-13-23(26-16-25-22)30-9-4-7-27-30/h4,7,9,11-13,16,18H,3,5-6,8,10,14-15H2,1-2H3. The molecule has 1 saturated heterocycles. The van der Waals surface area contributed by atoms with Crippen LogP contribution in [0.15, 0.2) is 43.0 Å². The zero-order valence-corrected chi connectivity index (χ0v) is 19.0. The van der Waals surface area contributed by atoms with E-state index in [0.717, 1.165) is 55.3 Å². The summed E-state index contributed by atoms with van der Waals surface area (Å²) in [6.07, 6.45) is 7.79. The van der Waals surface area contributed by atoms with E-state index in [0.29, 0.717) is 18.8 Å². The van der Waals surface area contributed by atoms with E-state index in [2.05, 4.69) is 20.0 Å². The van der Waals surface area contributed by atoms with Gasteiger partial charge in [-0.25, -0.2) is 14.6 Å². The molecule has 9 heteroatoms. The Morgan fingerprint density at radius 3 is 2.58 bits per heavy atom. The third-order valence-electron chi connectivity index (χ3n) is 6.50. The van der Waals surface area contributed by atoms with Crippen LogP contribution in [0, 0.1) is 5.92 Å². The molecular formula is C24H28N6O3. The first-order valence-electron chi connectivity index (χ1n) is 11.3. The molecule has 0 radical (unpaired) electrons. The van der Waals surface area contributed by atoms with Crippen LogP contribution < -0.4 is 14.4 Å². The lowest BCUT2D eigenvalue weighted by Crippen LogP contribution is -2.46. The van der Waals surface area contributed by atoms with Crippen molar-refractivity contribution in [3.8, 4) is 17.3 Å². The highest BCUT2D eigenvalue weighted by atomic mass is 16.5. The summed E-state index contributed by atoms with van der Waals surface area (Å²) in [6, 6.07) is 7.82. The first kappa shape index (κ1) is 21.2. The zero-order valence-electron chi connectivity index (χ0n) is 19.0. The first-order valence-corrected chi connectivity index (χ1v) is 11.3. The fraction of sp³-hybridized carbons (Fsp3) is 0.417. The van der Waals surface area contributed by atoms with Crippen LogP contribution in [0.5, 0.6) is 11.5 Å². The fourth-order valence-electron chi connectivity index (χ4n) is 4.76. The van der Waals surface area contributed by atoms with Crippen LogP contribution in [-0.4, -0.2) is 64.4 Å². The number of amides is 1. The Morgan fingerprint density at radius 1 is 1.03 bits per heavy atom. The van der Waals surface area contributed by atoms with Gasteiger partial charge in [-0.15, -0.1) is 0 Å². The number of aromatic nitrogens is 4. The molecule has 5 rings (SSSR count). The number of ether oxygens (including phenoxy) is 2. The number of piperidine rings is 1. The van der Waals surface area contributed by atoms with E-state index in [1.807, 2.05) is 35.4 Å². The van der Waals surface area contributed by atoms with Gasteiger partial charge in [0.15, 0.2) is 17.3 Å². The van der Waals surface area contributed by atoms with Crippen molar-refractivity contribution in [2.75, 3.05) is 38.8 Å². The van der Waals surface area contributed by atoms with Crippen LogP contribution in [-0.2, 0) is 17.8 Å². The minimum atomic E-state index is -0.0523. The third kappa shape index (κ3) is 4.22. The van der Waals surface area contributed by atoms with E-state index in [1.54, 1.807) is 31.4 Å². The van der Waals surface area contributed by atoms with Crippen molar-refractivity contribution in [1.82, 2.24) is 24.6 Å². The number of hydrogen-bond acceptors (Lipinski definition) is 7. The van der Waals surface area contributed by atoms with Crippen LogP contribution in [0.4, 0.5) is 5.82 Å². The largest absolute Gasteiger partial charge is 0.493 e. The first-order chi connectivity index (χ1) is 16.2. The molecule has 4 heterocycles. The molecule has 172 valence electrons. The number of carbonyl (C=O) groups is 1. The molecule has 0 bridgehead atoms. The monoisotopic (exact) mass is 448 g/mol. The Morgan fingerprint density at radius 2 is 1.82 bits per heavy atom. The lowest BCUT2D eigenvalue weighted by atomic mass is 9.93. The number of benzene rings is 1. The van der Waals surface area contributed by atoms with Crippen LogP contribution in [0.3, 0.4) is 0 Å². The fourth-order valence-corrected chi connectivity index (χ4v) is 4.76. The van der Waals surface area contributed by atoms with Gasteiger partial charge in [-0.1, -0.05) is 0 Å². The Balaban J connectivity index is 1.30. The molecule has 1 atom stereocenters. The number of nitrogens with zero attached hydrogens (tertiary/aromatic N) is 6. The maximum absolute atomic E-state index is 13.5. The molecule has 2 aliphatic rings. The highest BCUT2D eigenvalue weighted by Crippen LogP contribution is 2.34. The topological polar surface area (TPSA) is 85.6 Å². The Kier molecular flexibility index (Phi) is 5.85. The number of hydrogen-bond donors (Lipinski definition) is 0. The lowest BCUT2D eigenvalue weighted by molar-refractivity contribution is -0.136. The Labute approximate surface area is 193 Å². The average molecular weight is 449 g/mol. The van der Waals surface area contributed by atoms with Crippen molar-refractivity contribution in [1.29, 1.82) is 0 Å². The Bertz CT molecular complexity index is 1130. The van der Waals surface area contributed by atoms with Gasteiger partial charge in [0.1, 0.15) is 12.1 Å². The van der Waals surface area contributed by atoms with Crippen molar-refractivity contribution in [2.45, 2.75) is 25.8 Å². The van der Waals surface area contributed by atoms with E-state index < -0.39 is 0 Å².